The number of hydrogen-bond acceptors (Lipinski definition) is 7. The van der Waals surface area contributed by atoms with Gasteiger partial charge in [-0.1, -0.05) is 18.2 Å². The third-order valence-electron chi connectivity index (χ3n) is 4.47. The van der Waals surface area contributed by atoms with Crippen LogP contribution in [0.25, 0.3) is 27.9 Å². The van der Waals surface area contributed by atoms with Crippen molar-refractivity contribution in [2.75, 3.05) is 5.32 Å². The van der Waals surface area contributed by atoms with Gasteiger partial charge in [0.15, 0.2) is 17.2 Å². The van der Waals surface area contributed by atoms with Crippen LogP contribution in [-0.2, 0) is 6.18 Å². The van der Waals surface area contributed by atoms with Gasteiger partial charge in [0.2, 0.25) is 5.95 Å². The number of hydrogen-bond donors (Lipinski definition) is 2. The van der Waals surface area contributed by atoms with Crippen LogP contribution in [0.3, 0.4) is 0 Å². The Labute approximate surface area is 170 Å². The Hall–Kier alpha value is -4.35. The van der Waals surface area contributed by atoms with Gasteiger partial charge in [-0.3, -0.25) is 9.89 Å². The maximum Gasteiger partial charge on any atom is 0.433 e. The summed E-state index contributed by atoms with van der Waals surface area (Å²) in [5, 5.41) is 13.1. The first-order valence-electron chi connectivity index (χ1n) is 8.90. The molecule has 31 heavy (non-hydrogen) atoms. The van der Waals surface area contributed by atoms with Crippen molar-refractivity contribution in [3.05, 3.63) is 70.9 Å². The number of nitrogens with one attached hydrogen (secondary N) is 2. The van der Waals surface area contributed by atoms with Crippen molar-refractivity contribution < 1.29 is 13.2 Å². The van der Waals surface area contributed by atoms with Gasteiger partial charge < -0.3 is 5.32 Å². The Bertz CT molecular complexity index is 1490. The molecule has 5 aromatic rings. The highest BCUT2D eigenvalue weighted by molar-refractivity contribution is 5.93. The normalized spacial score (nSPS) is 11.8. The molecular formula is C19H11F3N8O. The molecule has 4 aromatic heterocycles. The van der Waals surface area contributed by atoms with E-state index >= 15 is 0 Å². The molecule has 0 spiro atoms. The predicted molar refractivity (Wildman–Crippen MR) is 105 cm³/mol. The molecule has 4 heterocycles. The standard InChI is InChI=1S/C19H11F3N8O/c20-19(21,22)14-11(9-24-28-14)15-27-16-10-5-1-2-6-12(10)25-18(30(16)29-15)26-13-7-3-4-8-23-17(13)31/h1-9H,(H,24,28)(H,23,25,26,31). The molecular weight excluding hydrogens is 413 g/mol. The number of nitrogens with zero attached hydrogens (tertiary/aromatic N) is 6. The van der Waals surface area contributed by atoms with Crippen molar-refractivity contribution in [2.24, 2.45) is 0 Å². The Kier molecular flexibility index (Phi) is 4.13. The van der Waals surface area contributed by atoms with Crippen molar-refractivity contribution in [3.63, 3.8) is 0 Å². The van der Waals surface area contributed by atoms with E-state index in [9.17, 15) is 18.0 Å². The number of alkyl halides is 3. The van der Waals surface area contributed by atoms with Gasteiger partial charge >= 0.3 is 6.18 Å². The van der Waals surface area contributed by atoms with Gasteiger partial charge in [0.05, 0.1) is 17.3 Å². The predicted octanol–water partition coefficient (Wildman–Crippen LogP) is 3.19. The van der Waals surface area contributed by atoms with Crippen molar-refractivity contribution >= 4 is 28.2 Å². The van der Waals surface area contributed by atoms with E-state index in [-0.39, 0.29) is 28.7 Å². The average Bonchev–Trinajstić information content (AvgIpc) is 3.35. The van der Waals surface area contributed by atoms with Crippen LogP contribution >= 0.6 is 0 Å². The first-order valence-corrected chi connectivity index (χ1v) is 8.90. The maximum atomic E-state index is 13.3. The monoisotopic (exact) mass is 424 g/mol. The number of fused-ring (bicyclic) bond motifs is 3. The Morgan fingerprint density at radius 1 is 1.03 bits per heavy atom. The molecule has 0 amide bonds. The summed E-state index contributed by atoms with van der Waals surface area (Å²) in [6.45, 7) is 0. The highest BCUT2D eigenvalue weighted by atomic mass is 19.4. The lowest BCUT2D eigenvalue weighted by molar-refractivity contribution is -0.140. The van der Waals surface area contributed by atoms with Crippen LogP contribution in [0, 0.1) is 0 Å². The summed E-state index contributed by atoms with van der Waals surface area (Å²) >= 11 is 0. The minimum atomic E-state index is -4.66. The molecule has 154 valence electrons. The molecule has 0 atom stereocenters. The summed E-state index contributed by atoms with van der Waals surface area (Å²) in [5.41, 5.74) is -1.01. The van der Waals surface area contributed by atoms with Gasteiger partial charge in [-0.05, 0) is 24.3 Å². The maximum absolute atomic E-state index is 13.3. The zero-order valence-electron chi connectivity index (χ0n) is 15.4. The molecule has 0 unspecified atom stereocenters. The second kappa shape index (κ2) is 6.86. The number of para-hydroxylation sites is 1. The molecule has 0 aliphatic carbocycles. The molecule has 0 saturated heterocycles. The van der Waals surface area contributed by atoms with Gasteiger partial charge in [-0.25, -0.2) is 15.0 Å². The van der Waals surface area contributed by atoms with Crippen LogP contribution in [0.4, 0.5) is 24.8 Å². The summed E-state index contributed by atoms with van der Waals surface area (Å²) in [6, 6.07) is 11.7. The minimum Gasteiger partial charge on any atom is -0.319 e. The fourth-order valence-corrected chi connectivity index (χ4v) is 3.09. The van der Waals surface area contributed by atoms with Crippen LogP contribution in [-0.4, -0.2) is 34.8 Å². The molecule has 0 aliphatic heterocycles. The lowest BCUT2D eigenvalue weighted by Crippen LogP contribution is -2.11. The number of H-pyrrole nitrogens is 1. The summed E-state index contributed by atoms with van der Waals surface area (Å²) in [6.07, 6.45) is -2.30. The summed E-state index contributed by atoms with van der Waals surface area (Å²) in [4.78, 5) is 24.7. The molecule has 0 bridgehead atoms. The van der Waals surface area contributed by atoms with Crippen LogP contribution < -0.4 is 10.9 Å². The van der Waals surface area contributed by atoms with E-state index in [1.807, 2.05) is 5.10 Å². The minimum absolute atomic E-state index is 0.0922. The summed E-state index contributed by atoms with van der Waals surface area (Å²) in [5.74, 6) is -0.101. The van der Waals surface area contributed by atoms with Crippen LogP contribution in [0.15, 0.2) is 59.7 Å². The fraction of sp³-hybridized carbons (Fsp3) is 0.0526. The van der Waals surface area contributed by atoms with Crippen LogP contribution in [0.1, 0.15) is 5.69 Å². The summed E-state index contributed by atoms with van der Waals surface area (Å²) < 4.78 is 41.2. The largest absolute Gasteiger partial charge is 0.433 e. The Balaban J connectivity index is 1.76. The fourth-order valence-electron chi connectivity index (χ4n) is 3.09. The van der Waals surface area contributed by atoms with Gasteiger partial charge in [0, 0.05) is 11.6 Å². The second-order valence-electron chi connectivity index (χ2n) is 6.45. The van der Waals surface area contributed by atoms with Crippen molar-refractivity contribution in [3.8, 4) is 11.4 Å². The lowest BCUT2D eigenvalue weighted by Gasteiger charge is -2.07. The number of aromatic nitrogens is 7. The van der Waals surface area contributed by atoms with Gasteiger partial charge in [0.25, 0.3) is 5.56 Å². The highest BCUT2D eigenvalue weighted by Crippen LogP contribution is 2.35. The SMILES string of the molecule is O=c1nccccc1Nc1nc2ccccc2c2nc(-c3cn[nH]c3C(F)(F)F)nn12. The molecule has 9 nitrogen and oxygen atoms in total. The van der Waals surface area contributed by atoms with E-state index in [1.165, 1.54) is 16.8 Å². The molecule has 5 rings (SSSR count). The number of rotatable bonds is 3. The number of aromatic amines is 1. The van der Waals surface area contributed by atoms with Crippen LogP contribution in [0.5, 0.6) is 0 Å². The summed E-state index contributed by atoms with van der Waals surface area (Å²) in [7, 11) is 0. The Morgan fingerprint density at radius 3 is 2.68 bits per heavy atom. The van der Waals surface area contributed by atoms with E-state index < -0.39 is 17.4 Å². The molecule has 0 radical (unpaired) electrons. The van der Waals surface area contributed by atoms with E-state index in [0.717, 1.165) is 6.20 Å². The molecule has 1 aromatic carbocycles. The lowest BCUT2D eigenvalue weighted by atomic mass is 10.2. The Morgan fingerprint density at radius 2 is 1.84 bits per heavy atom. The number of benzene rings is 1. The van der Waals surface area contributed by atoms with Crippen LogP contribution in [0.2, 0.25) is 0 Å². The first kappa shape index (κ1) is 18.7. The number of halogens is 3. The molecule has 0 aliphatic rings. The van der Waals surface area contributed by atoms with E-state index in [2.05, 4.69) is 30.5 Å². The smallest absolute Gasteiger partial charge is 0.319 e. The molecule has 2 N–H and O–H groups in total. The molecule has 0 fully saturated rings. The first-order chi connectivity index (χ1) is 14.9. The van der Waals surface area contributed by atoms with E-state index in [0.29, 0.717) is 10.9 Å². The molecule has 0 saturated carbocycles. The van der Waals surface area contributed by atoms with E-state index in [1.54, 1.807) is 36.4 Å². The zero-order chi connectivity index (χ0) is 21.6. The highest BCUT2D eigenvalue weighted by Gasteiger charge is 2.37. The van der Waals surface area contributed by atoms with Gasteiger partial charge in [-0.15, -0.1) is 5.10 Å². The number of anilines is 2. The van der Waals surface area contributed by atoms with Crippen molar-refractivity contribution in [1.82, 2.24) is 34.8 Å². The zero-order valence-corrected chi connectivity index (χ0v) is 15.4. The molecule has 12 heteroatoms. The second-order valence-corrected chi connectivity index (χ2v) is 6.45. The third kappa shape index (κ3) is 3.23. The third-order valence-corrected chi connectivity index (χ3v) is 4.47. The van der Waals surface area contributed by atoms with Gasteiger partial charge in [0.1, 0.15) is 5.69 Å². The van der Waals surface area contributed by atoms with E-state index in [4.69, 9.17) is 0 Å². The van der Waals surface area contributed by atoms with Crippen molar-refractivity contribution in [2.45, 2.75) is 6.18 Å². The van der Waals surface area contributed by atoms with Crippen molar-refractivity contribution in [1.29, 1.82) is 0 Å². The van der Waals surface area contributed by atoms with Gasteiger partial charge in [-0.2, -0.15) is 22.8 Å². The average molecular weight is 424 g/mol. The topological polar surface area (TPSA) is 114 Å². The quantitative estimate of drug-likeness (QED) is 0.457.